The van der Waals surface area contributed by atoms with Crippen molar-refractivity contribution in [2.45, 2.75) is 96.4 Å². The number of hydrogen-bond donors (Lipinski definition) is 6. The monoisotopic (exact) mass is 693 g/mol. The maximum atomic E-state index is 12.8. The highest BCUT2D eigenvalue weighted by atomic mass is 16.3. The van der Waals surface area contributed by atoms with Crippen molar-refractivity contribution in [1.29, 1.82) is 0 Å². The Balaban J connectivity index is 0.000000372. The van der Waals surface area contributed by atoms with Gasteiger partial charge in [-0.2, -0.15) is 0 Å². The summed E-state index contributed by atoms with van der Waals surface area (Å²) in [5.41, 5.74) is 10.1. The topological polar surface area (TPSA) is 214 Å². The van der Waals surface area contributed by atoms with E-state index in [-0.39, 0.29) is 36.9 Å². The number of primary amides is 1. The molecule has 2 aromatic rings. The molecule has 13 heteroatoms. The molecule has 0 radical (unpaired) electrons. The van der Waals surface area contributed by atoms with Crippen LogP contribution in [-0.4, -0.2) is 81.7 Å². The van der Waals surface area contributed by atoms with Gasteiger partial charge in [0.2, 0.25) is 18.1 Å². The van der Waals surface area contributed by atoms with E-state index in [1.54, 1.807) is 24.8 Å². The van der Waals surface area contributed by atoms with Crippen LogP contribution >= 0.6 is 0 Å². The number of hydrogen-bond acceptors (Lipinski definition) is 9. The van der Waals surface area contributed by atoms with Crippen LogP contribution in [0.2, 0.25) is 0 Å². The van der Waals surface area contributed by atoms with E-state index in [0.29, 0.717) is 30.6 Å². The first kappa shape index (κ1) is 41.4. The summed E-state index contributed by atoms with van der Waals surface area (Å²) in [5.74, 6) is 4.89. The molecule has 2 aliphatic rings. The lowest BCUT2D eigenvalue weighted by Gasteiger charge is -2.34. The number of ketones is 1. The molecular weight excluding hydrogens is 638 g/mol. The molecule has 274 valence electrons. The molecule has 2 fully saturated rings. The predicted octanol–water partition coefficient (Wildman–Crippen LogP) is 2.62. The van der Waals surface area contributed by atoms with Gasteiger partial charge in [-0.1, -0.05) is 75.4 Å². The van der Waals surface area contributed by atoms with Crippen molar-refractivity contribution in [3.05, 3.63) is 72.6 Å². The molecule has 1 saturated heterocycles. The summed E-state index contributed by atoms with van der Waals surface area (Å²) in [6.07, 6.45) is 11.3. The molecule has 1 aliphatic heterocycles. The van der Waals surface area contributed by atoms with Crippen molar-refractivity contribution in [2.75, 3.05) is 13.1 Å². The predicted molar refractivity (Wildman–Crippen MR) is 195 cm³/mol. The Morgan fingerprint density at radius 3 is 2.24 bits per heavy atom. The summed E-state index contributed by atoms with van der Waals surface area (Å²) < 4.78 is 0. The van der Waals surface area contributed by atoms with Gasteiger partial charge in [-0.25, -0.2) is 5.84 Å². The molecule has 0 spiro atoms. The van der Waals surface area contributed by atoms with Crippen LogP contribution in [0.5, 0.6) is 0 Å². The van der Waals surface area contributed by atoms with E-state index in [2.05, 4.69) is 24.1 Å². The van der Waals surface area contributed by atoms with Crippen molar-refractivity contribution in [3.8, 4) is 0 Å². The van der Waals surface area contributed by atoms with Crippen LogP contribution in [0, 0.1) is 5.92 Å². The van der Waals surface area contributed by atoms with Gasteiger partial charge in [0.1, 0.15) is 11.6 Å². The van der Waals surface area contributed by atoms with Gasteiger partial charge in [0, 0.05) is 24.4 Å². The van der Waals surface area contributed by atoms with Crippen LogP contribution in [0.1, 0.15) is 83.0 Å². The number of nitrogens with one attached hydrogen (secondary N) is 2. The number of rotatable bonds is 12. The maximum Gasteiger partial charge on any atom is 0.287 e. The summed E-state index contributed by atoms with van der Waals surface area (Å²) in [6, 6.07) is 12.1. The van der Waals surface area contributed by atoms with E-state index < -0.39 is 23.3 Å². The summed E-state index contributed by atoms with van der Waals surface area (Å²) in [4.78, 5) is 58.2. The van der Waals surface area contributed by atoms with Crippen LogP contribution < -0.4 is 27.9 Å². The van der Waals surface area contributed by atoms with Gasteiger partial charge in [-0.3, -0.25) is 24.0 Å². The lowest BCUT2D eigenvalue weighted by molar-refractivity contribution is -0.137. The average Bonchev–Trinajstić information content (AvgIpc) is 3.48. The number of likely N-dealkylation sites (tertiary alicyclic amines) is 1. The fourth-order valence-electron chi connectivity index (χ4n) is 6.02. The van der Waals surface area contributed by atoms with Crippen molar-refractivity contribution >= 4 is 40.7 Å². The molecule has 0 aromatic heterocycles. The first-order valence-corrected chi connectivity index (χ1v) is 17.0. The van der Waals surface area contributed by atoms with Crippen molar-refractivity contribution in [2.24, 2.45) is 23.2 Å². The van der Waals surface area contributed by atoms with Crippen LogP contribution in [0.3, 0.4) is 0 Å². The standard InChI is InChI=1S/C23H31N5O3.C7H10N2O3.C7H14/c1-15-10-19(28(25)20(12-24)23(2,3)31)14-27(15)21(29)13-26-22(30)18-9-8-16-6-4-5-7-17(16)11-18;1-2-3-5(9-4-10)6(11)7(8)12;1-7-5-3-2-4-6-7/h4-9,11-12,15,19,31H,10,13-14,24-25H2,1-3H3,(H,26,30);2,4-5H,1,3H2,(H2,8,12)(H,9,10);7H,2-6H2,1H3/b20-12-;;. The van der Waals surface area contributed by atoms with Crippen LogP contribution in [0.15, 0.2) is 67.0 Å². The van der Waals surface area contributed by atoms with E-state index in [0.717, 1.165) is 16.7 Å². The lowest BCUT2D eigenvalue weighted by atomic mass is 9.91. The Labute approximate surface area is 295 Å². The average molecular weight is 694 g/mol. The Hall–Kier alpha value is -4.75. The van der Waals surface area contributed by atoms with E-state index in [1.165, 1.54) is 49.4 Å². The first-order valence-electron chi connectivity index (χ1n) is 17.0. The second-order valence-corrected chi connectivity index (χ2v) is 13.4. The quantitative estimate of drug-likeness (QED) is 0.0633. The highest BCUT2D eigenvalue weighted by Crippen LogP contribution is 2.26. The normalized spacial score (nSPS) is 18.4. The number of nitrogens with two attached hydrogens (primary N) is 3. The number of aliphatic hydroxyl groups is 1. The van der Waals surface area contributed by atoms with E-state index in [4.69, 9.17) is 17.3 Å². The first-order chi connectivity index (χ1) is 23.6. The molecule has 4 rings (SSSR count). The molecule has 1 heterocycles. The number of nitrogens with zero attached hydrogens (tertiary/aromatic N) is 2. The lowest BCUT2D eigenvalue weighted by Crippen LogP contribution is -2.49. The largest absolute Gasteiger partial charge is 0.403 e. The highest BCUT2D eigenvalue weighted by molar-refractivity contribution is 6.37. The number of amides is 4. The highest BCUT2D eigenvalue weighted by Gasteiger charge is 2.38. The number of hydrazine groups is 1. The molecule has 0 bridgehead atoms. The molecule has 2 aromatic carbocycles. The zero-order chi connectivity index (χ0) is 37.4. The fourth-order valence-corrected chi connectivity index (χ4v) is 6.02. The third kappa shape index (κ3) is 12.6. The SMILES string of the molecule is C=CCC(NC=O)C(=O)C(N)=O.CC1CC(N(N)/C(=C\N)C(C)(C)O)CN1C(=O)CNC(=O)c1ccc2ccccc2c1.CC1CCCCC1. The minimum atomic E-state index is -1.20. The second kappa shape index (κ2) is 20.1. The smallest absolute Gasteiger partial charge is 0.287 e. The molecule has 1 saturated carbocycles. The Morgan fingerprint density at radius 1 is 1.08 bits per heavy atom. The number of Topliss-reactive ketones (excluding diaryl/α,β-unsaturated/α-hetero) is 1. The van der Waals surface area contributed by atoms with Gasteiger partial charge in [0.15, 0.2) is 0 Å². The summed E-state index contributed by atoms with van der Waals surface area (Å²) in [6.45, 7) is 11.2. The number of carbonyl (C=O) groups is 5. The molecule has 3 unspecified atom stereocenters. The van der Waals surface area contributed by atoms with Crippen molar-refractivity contribution in [3.63, 3.8) is 0 Å². The van der Waals surface area contributed by atoms with Gasteiger partial charge in [-0.15, -0.1) is 6.58 Å². The van der Waals surface area contributed by atoms with E-state index in [1.807, 2.05) is 43.3 Å². The minimum Gasteiger partial charge on any atom is -0.403 e. The Kier molecular flexibility index (Phi) is 16.6. The van der Waals surface area contributed by atoms with Crippen LogP contribution in [-0.2, 0) is 19.2 Å². The van der Waals surface area contributed by atoms with E-state index in [9.17, 15) is 29.1 Å². The Morgan fingerprint density at radius 2 is 1.72 bits per heavy atom. The van der Waals surface area contributed by atoms with Gasteiger partial charge in [0.25, 0.3) is 11.8 Å². The molecule has 9 N–H and O–H groups in total. The van der Waals surface area contributed by atoms with Gasteiger partial charge >= 0.3 is 0 Å². The Bertz CT molecular complexity index is 1490. The second-order valence-electron chi connectivity index (χ2n) is 13.4. The van der Waals surface area contributed by atoms with Crippen LogP contribution in [0.4, 0.5) is 0 Å². The molecular formula is C37H55N7O6. The van der Waals surface area contributed by atoms with Gasteiger partial charge in [-0.05, 0) is 62.4 Å². The number of benzene rings is 2. The number of carbonyl (C=O) groups excluding carboxylic acids is 5. The van der Waals surface area contributed by atoms with Crippen molar-refractivity contribution < 1.29 is 29.1 Å². The third-order valence-corrected chi connectivity index (χ3v) is 8.87. The third-order valence-electron chi connectivity index (χ3n) is 8.87. The zero-order valence-corrected chi connectivity index (χ0v) is 29.8. The maximum absolute atomic E-state index is 12.8. The molecule has 4 amide bonds. The molecule has 1 aliphatic carbocycles. The molecule has 50 heavy (non-hydrogen) atoms. The fraction of sp³-hybridized carbons (Fsp3) is 0.486. The van der Waals surface area contributed by atoms with E-state index >= 15 is 0 Å². The summed E-state index contributed by atoms with van der Waals surface area (Å²) in [5, 5.41) is 18.6. The minimum absolute atomic E-state index is 0.0537. The molecule has 13 nitrogen and oxygen atoms in total. The van der Waals surface area contributed by atoms with Crippen molar-refractivity contribution in [1.82, 2.24) is 20.5 Å². The molecule has 3 atom stereocenters. The number of fused-ring (bicyclic) bond motifs is 1. The van der Waals surface area contributed by atoms with Gasteiger partial charge in [0.05, 0.1) is 18.3 Å². The van der Waals surface area contributed by atoms with Gasteiger partial charge < -0.3 is 37.1 Å². The summed E-state index contributed by atoms with van der Waals surface area (Å²) in [7, 11) is 0. The van der Waals surface area contributed by atoms with Crippen LogP contribution in [0.25, 0.3) is 10.8 Å². The summed E-state index contributed by atoms with van der Waals surface area (Å²) >= 11 is 0. The zero-order valence-electron chi connectivity index (χ0n) is 29.8.